The topological polar surface area (TPSA) is 26.3 Å². The van der Waals surface area contributed by atoms with Gasteiger partial charge in [0.15, 0.2) is 0 Å². The second-order valence-corrected chi connectivity index (χ2v) is 10.1. The number of hydrogen-bond donors (Lipinski definition) is 0. The van der Waals surface area contributed by atoms with Gasteiger partial charge in [0.1, 0.15) is 6.10 Å². The van der Waals surface area contributed by atoms with Gasteiger partial charge in [0.25, 0.3) is 0 Å². The summed E-state index contributed by atoms with van der Waals surface area (Å²) >= 11 is 0. The summed E-state index contributed by atoms with van der Waals surface area (Å²) in [6, 6.07) is 0. The highest BCUT2D eigenvalue weighted by Crippen LogP contribution is 2.35. The molecule has 0 heterocycles. The van der Waals surface area contributed by atoms with E-state index in [2.05, 4.69) is 55.4 Å². The molecule has 5 unspecified atom stereocenters. The maximum absolute atomic E-state index is 12.9. The zero-order valence-corrected chi connectivity index (χ0v) is 17.5. The van der Waals surface area contributed by atoms with E-state index in [0.29, 0.717) is 17.8 Å². The van der Waals surface area contributed by atoms with Crippen molar-refractivity contribution in [2.75, 3.05) is 0 Å². The average Bonchev–Trinajstić information content (AvgIpc) is 2.40. The largest absolute Gasteiger partial charge is 0.462 e. The molecule has 2 heteroatoms. The van der Waals surface area contributed by atoms with E-state index < -0.39 is 0 Å². The molecule has 1 aliphatic carbocycles. The maximum Gasteiger partial charge on any atom is 0.309 e. The SMILES string of the molecule is CCC1CC(C)CC(C)CC(OC(=O)C(CC(C)(C)C)C(C)C)C1. The fraction of sp³-hybridized carbons (Fsp3) is 0.955. The van der Waals surface area contributed by atoms with E-state index in [4.69, 9.17) is 4.74 Å². The quantitative estimate of drug-likeness (QED) is 0.536. The molecule has 1 aliphatic rings. The number of rotatable bonds is 5. The van der Waals surface area contributed by atoms with E-state index >= 15 is 0 Å². The van der Waals surface area contributed by atoms with E-state index in [1.54, 1.807) is 0 Å². The Labute approximate surface area is 151 Å². The molecular formula is C22H42O2. The molecule has 0 aromatic rings. The van der Waals surface area contributed by atoms with Crippen molar-refractivity contribution in [3.05, 3.63) is 0 Å². The number of hydrogen-bond acceptors (Lipinski definition) is 2. The van der Waals surface area contributed by atoms with Gasteiger partial charge in [-0.05, 0) is 61.2 Å². The highest BCUT2D eigenvalue weighted by Gasteiger charge is 2.32. The van der Waals surface area contributed by atoms with Gasteiger partial charge in [-0.25, -0.2) is 0 Å². The molecule has 0 spiro atoms. The van der Waals surface area contributed by atoms with Gasteiger partial charge < -0.3 is 4.74 Å². The van der Waals surface area contributed by atoms with Gasteiger partial charge in [-0.15, -0.1) is 0 Å². The molecule has 0 N–H and O–H groups in total. The van der Waals surface area contributed by atoms with Gasteiger partial charge in [-0.3, -0.25) is 4.79 Å². The van der Waals surface area contributed by atoms with Crippen molar-refractivity contribution in [1.82, 2.24) is 0 Å². The number of esters is 1. The highest BCUT2D eigenvalue weighted by atomic mass is 16.5. The van der Waals surface area contributed by atoms with E-state index in [1.807, 2.05) is 0 Å². The Bertz CT molecular complexity index is 380. The summed E-state index contributed by atoms with van der Waals surface area (Å²) in [6.45, 7) is 17.9. The van der Waals surface area contributed by atoms with Crippen molar-refractivity contribution >= 4 is 5.97 Å². The fourth-order valence-corrected chi connectivity index (χ4v) is 4.39. The van der Waals surface area contributed by atoms with Crippen molar-refractivity contribution in [1.29, 1.82) is 0 Å². The molecule has 24 heavy (non-hydrogen) atoms. The summed E-state index contributed by atoms with van der Waals surface area (Å²) in [4.78, 5) is 12.9. The van der Waals surface area contributed by atoms with E-state index in [9.17, 15) is 4.79 Å². The molecule has 0 aliphatic heterocycles. The van der Waals surface area contributed by atoms with Gasteiger partial charge in [-0.2, -0.15) is 0 Å². The highest BCUT2D eigenvalue weighted by molar-refractivity contribution is 5.73. The molecule has 2 nitrogen and oxygen atoms in total. The predicted molar refractivity (Wildman–Crippen MR) is 103 cm³/mol. The van der Waals surface area contributed by atoms with Crippen LogP contribution >= 0.6 is 0 Å². The molecular weight excluding hydrogens is 296 g/mol. The number of ether oxygens (including phenoxy) is 1. The Hall–Kier alpha value is -0.530. The third kappa shape index (κ3) is 7.57. The van der Waals surface area contributed by atoms with Crippen LogP contribution in [0.15, 0.2) is 0 Å². The van der Waals surface area contributed by atoms with E-state index in [-0.39, 0.29) is 23.4 Å². The number of carbonyl (C=O) groups excluding carboxylic acids is 1. The van der Waals surface area contributed by atoms with Crippen LogP contribution in [-0.4, -0.2) is 12.1 Å². The average molecular weight is 339 g/mol. The Morgan fingerprint density at radius 3 is 2.12 bits per heavy atom. The first kappa shape index (κ1) is 21.5. The van der Waals surface area contributed by atoms with Crippen LogP contribution in [0.1, 0.15) is 93.9 Å². The van der Waals surface area contributed by atoms with Crippen LogP contribution in [0.5, 0.6) is 0 Å². The maximum atomic E-state index is 12.9. The predicted octanol–water partition coefficient (Wildman–Crippen LogP) is 6.48. The Morgan fingerprint density at radius 1 is 1.04 bits per heavy atom. The second-order valence-electron chi connectivity index (χ2n) is 10.1. The first-order valence-corrected chi connectivity index (χ1v) is 10.2. The van der Waals surface area contributed by atoms with Crippen LogP contribution in [0, 0.1) is 35.0 Å². The Morgan fingerprint density at radius 2 is 1.62 bits per heavy atom. The zero-order chi connectivity index (χ0) is 18.5. The molecule has 0 aromatic heterocycles. The summed E-state index contributed by atoms with van der Waals surface area (Å²) in [5, 5.41) is 0. The molecule has 142 valence electrons. The minimum absolute atomic E-state index is 0.0183. The Kier molecular flexibility index (Phi) is 8.29. The third-order valence-corrected chi connectivity index (χ3v) is 5.60. The molecule has 1 fully saturated rings. The fourth-order valence-electron chi connectivity index (χ4n) is 4.39. The second kappa shape index (κ2) is 9.25. The van der Waals surface area contributed by atoms with Gasteiger partial charge in [-0.1, -0.05) is 61.8 Å². The minimum atomic E-state index is 0.0183. The summed E-state index contributed by atoms with van der Waals surface area (Å²) < 4.78 is 6.10. The van der Waals surface area contributed by atoms with Crippen molar-refractivity contribution in [3.8, 4) is 0 Å². The van der Waals surface area contributed by atoms with E-state index in [1.165, 1.54) is 19.3 Å². The van der Waals surface area contributed by atoms with Gasteiger partial charge in [0.05, 0.1) is 5.92 Å². The zero-order valence-electron chi connectivity index (χ0n) is 17.5. The normalized spacial score (nSPS) is 30.5. The first-order valence-electron chi connectivity index (χ1n) is 10.2. The summed E-state index contributed by atoms with van der Waals surface area (Å²) in [6.07, 6.45) is 6.85. The van der Waals surface area contributed by atoms with Crippen LogP contribution in [-0.2, 0) is 9.53 Å². The van der Waals surface area contributed by atoms with Crippen LogP contribution in [0.3, 0.4) is 0 Å². The summed E-state index contributed by atoms with van der Waals surface area (Å²) in [5.41, 5.74) is 0.156. The minimum Gasteiger partial charge on any atom is -0.462 e. The van der Waals surface area contributed by atoms with Crippen molar-refractivity contribution in [2.45, 2.75) is 100 Å². The molecule has 5 atom stereocenters. The monoisotopic (exact) mass is 338 g/mol. The van der Waals surface area contributed by atoms with Gasteiger partial charge in [0.2, 0.25) is 0 Å². The summed E-state index contributed by atoms with van der Waals surface area (Å²) in [5.74, 6) is 2.54. The molecule has 0 saturated heterocycles. The summed E-state index contributed by atoms with van der Waals surface area (Å²) in [7, 11) is 0. The lowest BCUT2D eigenvalue weighted by molar-refractivity contribution is -0.159. The van der Waals surface area contributed by atoms with Gasteiger partial charge in [0, 0.05) is 0 Å². The molecule has 0 aromatic carbocycles. The lowest BCUT2D eigenvalue weighted by Crippen LogP contribution is -2.33. The first-order chi connectivity index (χ1) is 11.0. The van der Waals surface area contributed by atoms with E-state index in [0.717, 1.165) is 25.2 Å². The van der Waals surface area contributed by atoms with Crippen LogP contribution in [0.4, 0.5) is 0 Å². The Balaban J connectivity index is 2.76. The molecule has 1 rings (SSSR count). The van der Waals surface area contributed by atoms with Crippen molar-refractivity contribution in [3.63, 3.8) is 0 Å². The lowest BCUT2D eigenvalue weighted by atomic mass is 9.78. The van der Waals surface area contributed by atoms with Crippen LogP contribution in [0.2, 0.25) is 0 Å². The molecule has 0 bridgehead atoms. The smallest absolute Gasteiger partial charge is 0.309 e. The van der Waals surface area contributed by atoms with Gasteiger partial charge >= 0.3 is 5.97 Å². The standard InChI is InChI=1S/C22H42O2/c1-9-18-11-16(4)10-17(5)12-19(13-18)24-21(23)20(15(2)3)14-22(6,7)8/h15-20H,9-14H2,1-8H3. The molecule has 1 saturated carbocycles. The lowest BCUT2D eigenvalue weighted by Gasteiger charge is -2.34. The van der Waals surface area contributed by atoms with Crippen molar-refractivity contribution < 1.29 is 9.53 Å². The molecule has 0 amide bonds. The molecule has 0 radical (unpaired) electrons. The van der Waals surface area contributed by atoms with Crippen molar-refractivity contribution in [2.24, 2.45) is 35.0 Å². The third-order valence-electron chi connectivity index (χ3n) is 5.60. The van der Waals surface area contributed by atoms with Crippen LogP contribution in [0.25, 0.3) is 0 Å². The van der Waals surface area contributed by atoms with Crippen LogP contribution < -0.4 is 0 Å². The number of carbonyl (C=O) groups is 1.